The Hall–Kier alpha value is -3.81. The van der Waals surface area contributed by atoms with Crippen molar-refractivity contribution in [1.29, 1.82) is 0 Å². The van der Waals surface area contributed by atoms with Crippen LogP contribution in [0.1, 0.15) is 25.0 Å². The number of anilines is 2. The Labute approximate surface area is 194 Å². The quantitative estimate of drug-likeness (QED) is 0.423. The molecule has 0 radical (unpaired) electrons. The largest absolute Gasteiger partial charge is 0.336 e. The number of aromatic nitrogens is 2. The summed E-state index contributed by atoms with van der Waals surface area (Å²) in [7, 11) is 1.80. The van der Waals surface area contributed by atoms with Crippen LogP contribution in [0.25, 0.3) is 11.3 Å². The number of carbonyl (C=O) groups is 2. The fourth-order valence-electron chi connectivity index (χ4n) is 3.88. The van der Waals surface area contributed by atoms with E-state index in [2.05, 4.69) is 39.0 Å². The van der Waals surface area contributed by atoms with Crippen molar-refractivity contribution in [2.75, 3.05) is 36.9 Å². The van der Waals surface area contributed by atoms with Crippen molar-refractivity contribution in [2.45, 2.75) is 25.7 Å². The molecule has 3 aromatic rings. The first kappa shape index (κ1) is 22.4. The summed E-state index contributed by atoms with van der Waals surface area (Å²) in [4.78, 5) is 27.8. The molecule has 4 amide bonds. The van der Waals surface area contributed by atoms with Crippen LogP contribution < -0.4 is 15.5 Å². The Bertz CT molecular complexity index is 1080. The zero-order chi connectivity index (χ0) is 23.0. The Morgan fingerprint density at radius 3 is 2.73 bits per heavy atom. The smallest absolute Gasteiger partial charge is 0.321 e. The minimum atomic E-state index is -0.154. The highest BCUT2D eigenvalue weighted by molar-refractivity contribution is 5.95. The monoisotopic (exact) mass is 446 g/mol. The number of H-pyrrole nitrogens is 1. The molecule has 3 N–H and O–H groups in total. The zero-order valence-electron chi connectivity index (χ0n) is 18.9. The predicted octanol–water partition coefficient (Wildman–Crippen LogP) is 4.48. The predicted molar refractivity (Wildman–Crippen MR) is 130 cm³/mol. The van der Waals surface area contributed by atoms with Gasteiger partial charge in [-0.3, -0.25) is 10.00 Å². The van der Waals surface area contributed by atoms with E-state index in [1.54, 1.807) is 16.8 Å². The maximum absolute atomic E-state index is 12.5. The number of nitrogens with one attached hydrogen (secondary N) is 3. The molecule has 0 unspecified atom stereocenters. The van der Waals surface area contributed by atoms with Crippen molar-refractivity contribution < 1.29 is 9.59 Å². The van der Waals surface area contributed by atoms with E-state index in [1.165, 1.54) is 0 Å². The van der Waals surface area contributed by atoms with E-state index in [4.69, 9.17) is 0 Å². The maximum Gasteiger partial charge on any atom is 0.321 e. The van der Waals surface area contributed by atoms with Crippen LogP contribution in [-0.2, 0) is 6.42 Å². The number of rotatable bonds is 9. The van der Waals surface area contributed by atoms with E-state index in [0.29, 0.717) is 25.3 Å². The Morgan fingerprint density at radius 1 is 1.09 bits per heavy atom. The lowest BCUT2D eigenvalue weighted by Gasteiger charge is -2.19. The van der Waals surface area contributed by atoms with Crippen LogP contribution in [-0.4, -0.2) is 53.8 Å². The molecule has 1 aliphatic rings. The second-order valence-corrected chi connectivity index (χ2v) is 8.24. The fraction of sp³-hybridized carbons (Fsp3) is 0.320. The number of urea groups is 2. The molecular formula is C25H30N6O2. The summed E-state index contributed by atoms with van der Waals surface area (Å²) in [5.41, 5.74) is 4.67. The van der Waals surface area contributed by atoms with Gasteiger partial charge in [0.25, 0.3) is 0 Å². The van der Waals surface area contributed by atoms with Gasteiger partial charge in [-0.1, -0.05) is 42.8 Å². The van der Waals surface area contributed by atoms with Crippen LogP contribution in [0.15, 0.2) is 60.7 Å². The van der Waals surface area contributed by atoms with E-state index in [-0.39, 0.29) is 12.1 Å². The van der Waals surface area contributed by atoms with Gasteiger partial charge in [-0.05, 0) is 43.5 Å². The molecule has 8 heteroatoms. The summed E-state index contributed by atoms with van der Waals surface area (Å²) in [5, 5.41) is 13.2. The normalized spacial score (nSPS) is 13.1. The number of hydrogen-bond donors (Lipinski definition) is 3. The Kier molecular flexibility index (Phi) is 7.24. The number of hydrogen-bond acceptors (Lipinski definition) is 3. The molecular weight excluding hydrogens is 416 g/mol. The summed E-state index contributed by atoms with van der Waals surface area (Å²) in [6.07, 6.45) is 3.92. The van der Waals surface area contributed by atoms with Crippen molar-refractivity contribution in [3.05, 3.63) is 66.4 Å². The molecule has 0 aliphatic carbocycles. The molecule has 0 bridgehead atoms. The van der Waals surface area contributed by atoms with Crippen molar-refractivity contribution in [3.63, 3.8) is 0 Å². The third kappa shape index (κ3) is 5.91. The number of nitrogens with zero attached hydrogens (tertiary/aromatic N) is 3. The number of aryl methyl sites for hydroxylation is 1. The van der Waals surface area contributed by atoms with E-state index in [0.717, 1.165) is 48.3 Å². The van der Waals surface area contributed by atoms with Crippen molar-refractivity contribution in [2.24, 2.45) is 0 Å². The van der Waals surface area contributed by atoms with Crippen LogP contribution >= 0.6 is 0 Å². The molecule has 1 saturated heterocycles. The first-order valence-electron chi connectivity index (χ1n) is 11.4. The van der Waals surface area contributed by atoms with Gasteiger partial charge in [0.15, 0.2) is 0 Å². The van der Waals surface area contributed by atoms with Crippen LogP contribution in [0.2, 0.25) is 0 Å². The van der Waals surface area contributed by atoms with E-state index in [1.807, 2.05) is 42.5 Å². The molecule has 2 heterocycles. The number of amides is 4. The molecule has 172 valence electrons. The number of unbranched alkanes of at least 4 members (excludes halogenated alkanes) is 2. The lowest BCUT2D eigenvalue weighted by molar-refractivity contribution is 0.221. The van der Waals surface area contributed by atoms with Gasteiger partial charge >= 0.3 is 12.1 Å². The van der Waals surface area contributed by atoms with E-state index in [9.17, 15) is 9.59 Å². The van der Waals surface area contributed by atoms with Gasteiger partial charge in [-0.2, -0.15) is 5.10 Å². The number of carbonyl (C=O) groups excluding carboxylic acids is 2. The van der Waals surface area contributed by atoms with Gasteiger partial charge in [0, 0.05) is 49.3 Å². The third-order valence-electron chi connectivity index (χ3n) is 5.75. The first-order chi connectivity index (χ1) is 16.1. The standard InChI is InChI=1S/C25H30N6O2/c1-30(25(33)27-20-12-8-13-22(17-20)31-16-14-26-24(31)32)15-7-3-6-11-21-18-23(29-28-21)19-9-4-2-5-10-19/h2,4-5,8-10,12-13,17-18H,3,6-7,11,14-16H2,1H3,(H,26,32)(H,27,33)(H,28,29). The van der Waals surface area contributed by atoms with Gasteiger partial charge in [0.05, 0.1) is 5.69 Å². The average molecular weight is 447 g/mol. The molecule has 0 spiro atoms. The lowest BCUT2D eigenvalue weighted by atomic mass is 10.1. The second kappa shape index (κ2) is 10.7. The zero-order valence-corrected chi connectivity index (χ0v) is 18.9. The minimum Gasteiger partial charge on any atom is -0.336 e. The van der Waals surface area contributed by atoms with E-state index < -0.39 is 0 Å². The molecule has 4 rings (SSSR count). The molecule has 1 aliphatic heterocycles. The number of aromatic amines is 1. The molecule has 0 saturated carbocycles. The summed E-state index contributed by atoms with van der Waals surface area (Å²) >= 11 is 0. The fourth-order valence-corrected chi connectivity index (χ4v) is 3.88. The van der Waals surface area contributed by atoms with Crippen LogP contribution in [0.3, 0.4) is 0 Å². The number of benzene rings is 2. The molecule has 1 aromatic heterocycles. The highest BCUT2D eigenvalue weighted by Crippen LogP contribution is 2.21. The Balaban J connectivity index is 1.17. The third-order valence-corrected chi connectivity index (χ3v) is 5.75. The summed E-state index contributed by atoms with van der Waals surface area (Å²) in [5.74, 6) is 0. The Morgan fingerprint density at radius 2 is 1.94 bits per heavy atom. The van der Waals surface area contributed by atoms with Crippen molar-refractivity contribution in [3.8, 4) is 11.3 Å². The van der Waals surface area contributed by atoms with Crippen molar-refractivity contribution in [1.82, 2.24) is 20.4 Å². The molecule has 1 fully saturated rings. The maximum atomic E-state index is 12.5. The molecule has 8 nitrogen and oxygen atoms in total. The second-order valence-electron chi connectivity index (χ2n) is 8.24. The first-order valence-corrected chi connectivity index (χ1v) is 11.4. The van der Waals surface area contributed by atoms with Gasteiger partial charge in [0.2, 0.25) is 0 Å². The average Bonchev–Trinajstić information content (AvgIpc) is 3.48. The van der Waals surface area contributed by atoms with Gasteiger partial charge in [0.1, 0.15) is 0 Å². The summed E-state index contributed by atoms with van der Waals surface area (Å²) in [6.45, 7) is 1.94. The van der Waals surface area contributed by atoms with Gasteiger partial charge < -0.3 is 15.5 Å². The minimum absolute atomic E-state index is 0.109. The highest BCUT2D eigenvalue weighted by Gasteiger charge is 2.21. The topological polar surface area (TPSA) is 93.4 Å². The summed E-state index contributed by atoms with van der Waals surface area (Å²) in [6, 6.07) is 19.3. The molecule has 2 aromatic carbocycles. The van der Waals surface area contributed by atoms with Crippen molar-refractivity contribution >= 4 is 23.4 Å². The van der Waals surface area contributed by atoms with Crippen LogP contribution in [0.4, 0.5) is 21.0 Å². The van der Waals surface area contributed by atoms with E-state index >= 15 is 0 Å². The SMILES string of the molecule is CN(CCCCCc1cc(-c2ccccc2)n[nH]1)C(=O)Nc1cccc(N2CCNC2=O)c1. The van der Waals surface area contributed by atoms with Gasteiger partial charge in [-0.15, -0.1) is 0 Å². The van der Waals surface area contributed by atoms with Crippen LogP contribution in [0, 0.1) is 0 Å². The molecule has 33 heavy (non-hydrogen) atoms. The van der Waals surface area contributed by atoms with Crippen LogP contribution in [0.5, 0.6) is 0 Å². The lowest BCUT2D eigenvalue weighted by Crippen LogP contribution is -2.32. The molecule has 0 atom stereocenters. The van der Waals surface area contributed by atoms with Gasteiger partial charge in [-0.25, -0.2) is 9.59 Å². The summed E-state index contributed by atoms with van der Waals surface area (Å²) < 4.78 is 0. The highest BCUT2D eigenvalue weighted by atomic mass is 16.2.